The lowest BCUT2D eigenvalue weighted by Crippen LogP contribution is -2.65. The molecule has 0 aromatic rings. The van der Waals surface area contributed by atoms with Gasteiger partial charge < -0.3 is 13.0 Å². The van der Waals surface area contributed by atoms with Crippen molar-refractivity contribution in [3.05, 3.63) is 61.4 Å². The van der Waals surface area contributed by atoms with Gasteiger partial charge in [0.05, 0.1) is 0 Å². The molecule has 0 rings (SSSR count). The Morgan fingerprint density at radius 2 is 0.625 bits per heavy atom. The largest absolute Gasteiger partial charge is 0.338 e. The fourth-order valence-corrected chi connectivity index (χ4v) is 22.5. The molecule has 0 heterocycles. The Morgan fingerprint density at radius 1 is 0.406 bits per heavy atom. The molecule has 0 radical (unpaired) electrons. The summed E-state index contributed by atoms with van der Waals surface area (Å²) >= 11 is 0. The van der Waals surface area contributed by atoms with E-state index in [1.807, 2.05) is 0 Å². The van der Waals surface area contributed by atoms with E-state index in [9.17, 15) is 0 Å². The summed E-state index contributed by atoms with van der Waals surface area (Å²) in [4.78, 5) is 0. The summed E-state index contributed by atoms with van der Waals surface area (Å²) in [7, 11) is -8.47. The van der Waals surface area contributed by atoms with Gasteiger partial charge in [0.25, 0.3) is 0 Å². The molecule has 3 nitrogen and oxygen atoms in total. The molecule has 0 atom stereocenters. The average molecular weight is 524 g/mol. The zero-order valence-corrected chi connectivity index (χ0v) is 28.1. The van der Waals surface area contributed by atoms with Gasteiger partial charge in [-0.2, -0.15) is 0 Å². The Labute approximate surface area is 206 Å². The predicted octanol–water partition coefficient (Wildman–Crippen LogP) is 6.54. The molecule has 0 N–H and O–H groups in total. The van der Waals surface area contributed by atoms with Crippen LogP contribution < -0.4 is 0 Å². The Kier molecular flexibility index (Phi) is 11.8. The predicted molar refractivity (Wildman–Crippen MR) is 163 cm³/mol. The van der Waals surface area contributed by atoms with Gasteiger partial charge in [-0.3, -0.25) is 0 Å². The maximum atomic E-state index is 4.23. The molecule has 0 aliphatic rings. The highest BCUT2D eigenvalue weighted by Crippen LogP contribution is 2.24. The topological polar surface area (TPSA) is 9.72 Å². The third-order valence-electron chi connectivity index (χ3n) is 7.28. The smallest absolute Gasteiger partial charge is 0.146 e. The van der Waals surface area contributed by atoms with Crippen LogP contribution in [0.4, 0.5) is 0 Å². The van der Waals surface area contributed by atoms with Gasteiger partial charge >= 0.3 is 0 Å². The van der Waals surface area contributed by atoms with Crippen molar-refractivity contribution in [3.8, 4) is 0 Å². The van der Waals surface area contributed by atoms with E-state index in [2.05, 4.69) is 140 Å². The molecule has 0 bridgehead atoms. The van der Waals surface area contributed by atoms with E-state index in [0.29, 0.717) is 0 Å². The van der Waals surface area contributed by atoms with Gasteiger partial charge in [-0.25, -0.2) is 0 Å². The van der Waals surface area contributed by atoms with E-state index in [1.165, 1.54) is 0 Å². The molecule has 0 fully saturated rings. The maximum Gasteiger partial charge on any atom is 0.146 e. The van der Waals surface area contributed by atoms with Gasteiger partial charge in [-0.05, 0) is 13.1 Å². The Hall–Kier alpha value is -0.336. The SMILES string of the molecule is C=C[Si](C)(C)N(CCN([Si](C)(C)C=C)[Si](C)(C)C=C)CCN([Si](C)(C)C=C)[Si](C)(C)C=C. The highest BCUT2D eigenvalue weighted by Gasteiger charge is 2.40. The molecule has 8 heteroatoms. The second-order valence-corrected chi connectivity index (χ2v) is 33.8. The lowest BCUT2D eigenvalue weighted by Gasteiger charge is -2.48. The van der Waals surface area contributed by atoms with Crippen molar-refractivity contribution in [1.82, 2.24) is 13.0 Å². The summed E-state index contributed by atoms with van der Waals surface area (Å²) in [5.41, 5.74) is 11.1. The Balaban J connectivity index is 5.94. The van der Waals surface area contributed by atoms with E-state index in [4.69, 9.17) is 0 Å². The van der Waals surface area contributed by atoms with Crippen LogP contribution in [0.5, 0.6) is 0 Å². The fraction of sp³-hybridized carbons (Fsp3) is 0.583. The minimum absolute atomic E-state index is 1.07. The molecule has 0 saturated heterocycles. The fourth-order valence-electron chi connectivity index (χ4n) is 4.34. The van der Waals surface area contributed by atoms with Crippen LogP contribution in [0.1, 0.15) is 0 Å². The number of hydrogen-bond acceptors (Lipinski definition) is 3. The van der Waals surface area contributed by atoms with Crippen molar-refractivity contribution in [2.24, 2.45) is 0 Å². The highest BCUT2D eigenvalue weighted by atomic mass is 28.4. The Bertz CT molecular complexity index is 595. The molecule has 0 aromatic heterocycles. The first-order chi connectivity index (χ1) is 14.4. The maximum absolute atomic E-state index is 4.23. The van der Waals surface area contributed by atoms with Gasteiger partial charge in [0, 0.05) is 13.1 Å². The van der Waals surface area contributed by atoms with Gasteiger partial charge in [-0.15, -0.1) is 32.9 Å². The molecule has 0 aliphatic carbocycles. The van der Waals surface area contributed by atoms with Crippen LogP contribution in [-0.4, -0.2) is 80.4 Å². The summed E-state index contributed by atoms with van der Waals surface area (Å²) in [5, 5.41) is 0. The molecule has 184 valence electrons. The second-order valence-electron chi connectivity index (χ2n) is 11.6. The number of nitrogens with zero attached hydrogens (tertiary/aromatic N) is 3. The Morgan fingerprint density at radius 3 is 0.812 bits per heavy atom. The molecular formula is C24H53N3Si5. The molecule has 0 aromatic carbocycles. The van der Waals surface area contributed by atoms with Gasteiger partial charge in [0.15, 0.2) is 0 Å². The van der Waals surface area contributed by atoms with Crippen molar-refractivity contribution < 1.29 is 0 Å². The summed E-state index contributed by atoms with van der Waals surface area (Å²) < 4.78 is 8.34. The van der Waals surface area contributed by atoms with Crippen LogP contribution in [0.25, 0.3) is 0 Å². The third-order valence-corrected chi connectivity index (χ3v) is 27.7. The first-order valence-electron chi connectivity index (χ1n) is 11.9. The minimum Gasteiger partial charge on any atom is -0.338 e. The van der Waals surface area contributed by atoms with Crippen LogP contribution in [0.3, 0.4) is 0 Å². The summed E-state index contributed by atoms with van der Waals surface area (Å²) in [5.74, 6) is 0. The summed E-state index contributed by atoms with van der Waals surface area (Å²) in [6.45, 7) is 49.5. The molecule has 0 aliphatic heterocycles. The van der Waals surface area contributed by atoms with Gasteiger partial charge in [-0.1, -0.05) is 94.0 Å². The van der Waals surface area contributed by atoms with Crippen molar-refractivity contribution in [1.29, 1.82) is 0 Å². The first-order valence-corrected chi connectivity index (χ1v) is 27.0. The molecule has 0 unspecified atom stereocenters. The normalized spacial score (nSPS) is 14.0. The van der Waals surface area contributed by atoms with E-state index in [-0.39, 0.29) is 0 Å². The van der Waals surface area contributed by atoms with Crippen molar-refractivity contribution in [2.75, 3.05) is 26.2 Å². The van der Waals surface area contributed by atoms with Crippen molar-refractivity contribution >= 4 is 41.2 Å². The van der Waals surface area contributed by atoms with Crippen LogP contribution in [-0.2, 0) is 0 Å². The zero-order valence-electron chi connectivity index (χ0n) is 23.1. The van der Waals surface area contributed by atoms with Crippen LogP contribution in [0.15, 0.2) is 61.4 Å². The number of hydrogen-bond donors (Lipinski definition) is 0. The third kappa shape index (κ3) is 8.16. The van der Waals surface area contributed by atoms with E-state index < -0.39 is 41.2 Å². The van der Waals surface area contributed by atoms with Crippen LogP contribution in [0.2, 0.25) is 65.5 Å². The van der Waals surface area contributed by atoms with E-state index in [1.54, 1.807) is 0 Å². The van der Waals surface area contributed by atoms with Crippen molar-refractivity contribution in [3.63, 3.8) is 0 Å². The molecule has 0 amide bonds. The molecular weight excluding hydrogens is 471 g/mol. The molecule has 32 heavy (non-hydrogen) atoms. The first kappa shape index (κ1) is 31.7. The second kappa shape index (κ2) is 11.9. The highest BCUT2D eigenvalue weighted by molar-refractivity contribution is 6.95. The van der Waals surface area contributed by atoms with Crippen LogP contribution >= 0.6 is 0 Å². The summed E-state index contributed by atoms with van der Waals surface area (Å²) in [6.07, 6.45) is 0. The average Bonchev–Trinajstić information content (AvgIpc) is 2.71. The minimum atomic E-state index is -1.72. The monoisotopic (exact) mass is 523 g/mol. The number of rotatable bonds is 16. The van der Waals surface area contributed by atoms with Crippen molar-refractivity contribution in [2.45, 2.75) is 65.5 Å². The summed E-state index contributed by atoms with van der Waals surface area (Å²) in [6, 6.07) is 0. The quantitative estimate of drug-likeness (QED) is 0.213. The lowest BCUT2D eigenvalue weighted by atomic mass is 10.6. The standard InChI is InChI=1S/C24H53N3Si5/c1-16-28(6,7)25(21-23-26(29(8,9)17-2)30(10,11)18-3)22-24-27(31(12,13)19-4)32(14,15)20-5/h16-20H,1-5,21-24H2,6-15H3. The van der Waals surface area contributed by atoms with E-state index >= 15 is 0 Å². The zero-order chi connectivity index (χ0) is 25.6. The lowest BCUT2D eigenvalue weighted by molar-refractivity contribution is 0.379. The van der Waals surface area contributed by atoms with Gasteiger partial charge in [0.1, 0.15) is 41.2 Å². The molecule has 0 spiro atoms. The van der Waals surface area contributed by atoms with Crippen LogP contribution in [0, 0.1) is 0 Å². The van der Waals surface area contributed by atoms with E-state index in [0.717, 1.165) is 26.2 Å². The molecule has 0 saturated carbocycles. The van der Waals surface area contributed by atoms with Gasteiger partial charge in [0.2, 0.25) is 0 Å².